The number of morpholine rings is 1. The highest BCUT2D eigenvalue weighted by atomic mass is 16.5. The zero-order valence-corrected chi connectivity index (χ0v) is 13.9. The standard InChI is InChI=1S/C19H24N2O2/c1-20(2)13-17-14-23-11-10-21(17)19(22)12-16-8-5-7-15-6-3-4-9-18(15)16/h3-9,17H,10-14H2,1-2H3/t17-/m0/s1. The van der Waals surface area contributed by atoms with Crippen molar-refractivity contribution < 1.29 is 9.53 Å². The zero-order valence-electron chi connectivity index (χ0n) is 13.9. The lowest BCUT2D eigenvalue weighted by molar-refractivity contribution is -0.139. The van der Waals surface area contributed by atoms with Crippen molar-refractivity contribution in [1.29, 1.82) is 0 Å². The highest BCUT2D eigenvalue weighted by Crippen LogP contribution is 2.20. The SMILES string of the molecule is CN(C)C[C@H]1COCCN1C(=O)Cc1cccc2ccccc12. The van der Waals surface area contributed by atoms with Gasteiger partial charge in [0.15, 0.2) is 0 Å². The summed E-state index contributed by atoms with van der Waals surface area (Å²) in [5.41, 5.74) is 1.10. The highest BCUT2D eigenvalue weighted by Gasteiger charge is 2.27. The third-order valence-electron chi connectivity index (χ3n) is 4.35. The molecule has 1 aliphatic rings. The number of hydrogen-bond donors (Lipinski definition) is 0. The van der Waals surface area contributed by atoms with Gasteiger partial charge in [-0.25, -0.2) is 0 Å². The zero-order chi connectivity index (χ0) is 16.2. The van der Waals surface area contributed by atoms with Gasteiger partial charge in [0.05, 0.1) is 25.7 Å². The Hall–Kier alpha value is -1.91. The third-order valence-corrected chi connectivity index (χ3v) is 4.35. The van der Waals surface area contributed by atoms with Gasteiger partial charge in [0.2, 0.25) is 5.91 Å². The summed E-state index contributed by atoms with van der Waals surface area (Å²) in [5.74, 6) is 0.191. The Bertz CT molecular complexity index is 679. The second kappa shape index (κ2) is 7.11. The fourth-order valence-corrected chi connectivity index (χ4v) is 3.27. The minimum atomic E-state index is 0.140. The Morgan fingerprint density at radius 1 is 1.22 bits per heavy atom. The van der Waals surface area contributed by atoms with E-state index in [-0.39, 0.29) is 11.9 Å². The summed E-state index contributed by atoms with van der Waals surface area (Å²) in [7, 11) is 4.06. The largest absolute Gasteiger partial charge is 0.377 e. The summed E-state index contributed by atoms with van der Waals surface area (Å²) >= 11 is 0. The quantitative estimate of drug-likeness (QED) is 0.867. The molecule has 0 aromatic heterocycles. The van der Waals surface area contributed by atoms with Crippen molar-refractivity contribution in [3.05, 3.63) is 48.0 Å². The van der Waals surface area contributed by atoms with E-state index in [1.165, 1.54) is 10.8 Å². The maximum atomic E-state index is 12.9. The normalized spacial score (nSPS) is 18.6. The molecule has 1 heterocycles. The van der Waals surface area contributed by atoms with Gasteiger partial charge < -0.3 is 14.5 Å². The molecule has 2 aromatic carbocycles. The van der Waals surface area contributed by atoms with Crippen LogP contribution in [0.5, 0.6) is 0 Å². The van der Waals surface area contributed by atoms with Crippen molar-refractivity contribution in [2.75, 3.05) is 40.4 Å². The molecule has 3 rings (SSSR count). The van der Waals surface area contributed by atoms with Gasteiger partial charge in [-0.1, -0.05) is 42.5 Å². The van der Waals surface area contributed by atoms with E-state index < -0.39 is 0 Å². The molecule has 1 fully saturated rings. The summed E-state index contributed by atoms with van der Waals surface area (Å²) in [5, 5.41) is 2.35. The molecule has 122 valence electrons. The lowest BCUT2D eigenvalue weighted by Gasteiger charge is -2.37. The van der Waals surface area contributed by atoms with Crippen molar-refractivity contribution >= 4 is 16.7 Å². The van der Waals surface area contributed by atoms with E-state index >= 15 is 0 Å². The molecule has 1 atom stereocenters. The number of carbonyl (C=O) groups excluding carboxylic acids is 1. The van der Waals surface area contributed by atoms with Crippen LogP contribution in [0.2, 0.25) is 0 Å². The maximum absolute atomic E-state index is 12.9. The van der Waals surface area contributed by atoms with Gasteiger partial charge in [0.25, 0.3) is 0 Å². The first-order chi connectivity index (χ1) is 11.1. The molecular weight excluding hydrogens is 288 g/mol. The number of amides is 1. The first-order valence-corrected chi connectivity index (χ1v) is 8.14. The van der Waals surface area contributed by atoms with Crippen LogP contribution in [0.15, 0.2) is 42.5 Å². The van der Waals surface area contributed by atoms with Gasteiger partial charge in [0, 0.05) is 13.1 Å². The maximum Gasteiger partial charge on any atom is 0.227 e. The average molecular weight is 312 g/mol. The molecule has 0 spiro atoms. The van der Waals surface area contributed by atoms with Crippen molar-refractivity contribution in [2.45, 2.75) is 12.5 Å². The number of hydrogen-bond acceptors (Lipinski definition) is 3. The molecule has 4 heteroatoms. The first-order valence-electron chi connectivity index (χ1n) is 8.14. The number of rotatable bonds is 4. The first kappa shape index (κ1) is 16.0. The smallest absolute Gasteiger partial charge is 0.227 e. The third kappa shape index (κ3) is 3.71. The van der Waals surface area contributed by atoms with E-state index in [0.717, 1.165) is 12.1 Å². The van der Waals surface area contributed by atoms with Gasteiger partial charge in [-0.15, -0.1) is 0 Å². The Kier molecular flexibility index (Phi) is 4.94. The molecule has 0 N–H and O–H groups in total. The van der Waals surface area contributed by atoms with E-state index in [1.54, 1.807) is 0 Å². The average Bonchev–Trinajstić information content (AvgIpc) is 2.55. The molecule has 1 amide bonds. The molecule has 0 aliphatic carbocycles. The minimum absolute atomic E-state index is 0.140. The van der Waals surface area contributed by atoms with Gasteiger partial charge in [-0.2, -0.15) is 0 Å². The fraction of sp³-hybridized carbons (Fsp3) is 0.421. The Balaban J connectivity index is 1.79. The highest BCUT2D eigenvalue weighted by molar-refractivity contribution is 5.90. The predicted octanol–water partition coefficient (Wildman–Crippen LogP) is 2.17. The van der Waals surface area contributed by atoms with Gasteiger partial charge in [-0.05, 0) is 30.4 Å². The second-order valence-corrected chi connectivity index (χ2v) is 6.39. The summed E-state index contributed by atoms with van der Waals surface area (Å²) in [6, 6.07) is 14.6. The molecular formula is C19H24N2O2. The summed E-state index contributed by atoms with van der Waals surface area (Å²) in [4.78, 5) is 17.0. The Morgan fingerprint density at radius 3 is 2.83 bits per heavy atom. The van der Waals surface area contributed by atoms with Crippen LogP contribution in [0.25, 0.3) is 10.8 Å². The van der Waals surface area contributed by atoms with Gasteiger partial charge >= 0.3 is 0 Å². The topological polar surface area (TPSA) is 32.8 Å². The lowest BCUT2D eigenvalue weighted by atomic mass is 10.0. The van der Waals surface area contributed by atoms with E-state index in [1.807, 2.05) is 37.2 Å². The van der Waals surface area contributed by atoms with Gasteiger partial charge in [0.1, 0.15) is 0 Å². The Labute approximate surface area is 137 Å². The van der Waals surface area contributed by atoms with Crippen LogP contribution in [-0.4, -0.2) is 62.1 Å². The predicted molar refractivity (Wildman–Crippen MR) is 92.5 cm³/mol. The summed E-state index contributed by atoms with van der Waals surface area (Å²) in [6.07, 6.45) is 0.450. The van der Waals surface area contributed by atoms with Crippen LogP contribution in [-0.2, 0) is 16.0 Å². The van der Waals surface area contributed by atoms with Crippen molar-refractivity contribution in [3.8, 4) is 0 Å². The summed E-state index contributed by atoms with van der Waals surface area (Å²) in [6.45, 7) is 2.77. The number of carbonyl (C=O) groups is 1. The molecule has 1 aliphatic heterocycles. The molecule has 0 saturated carbocycles. The Morgan fingerprint density at radius 2 is 2.00 bits per heavy atom. The van der Waals surface area contributed by atoms with E-state index in [2.05, 4.69) is 29.2 Å². The number of benzene rings is 2. The molecule has 23 heavy (non-hydrogen) atoms. The van der Waals surface area contributed by atoms with E-state index in [4.69, 9.17) is 4.74 Å². The number of fused-ring (bicyclic) bond motifs is 1. The van der Waals surface area contributed by atoms with Gasteiger partial charge in [-0.3, -0.25) is 4.79 Å². The van der Waals surface area contributed by atoms with Crippen LogP contribution >= 0.6 is 0 Å². The van der Waals surface area contributed by atoms with E-state index in [0.29, 0.717) is 26.2 Å². The molecule has 4 nitrogen and oxygen atoms in total. The number of likely N-dealkylation sites (N-methyl/N-ethyl adjacent to an activating group) is 1. The fourth-order valence-electron chi connectivity index (χ4n) is 3.27. The molecule has 0 radical (unpaired) electrons. The summed E-state index contributed by atoms with van der Waals surface area (Å²) < 4.78 is 5.56. The van der Waals surface area contributed by atoms with Crippen LogP contribution in [0.3, 0.4) is 0 Å². The molecule has 0 bridgehead atoms. The van der Waals surface area contributed by atoms with Crippen molar-refractivity contribution in [1.82, 2.24) is 9.80 Å². The van der Waals surface area contributed by atoms with E-state index in [9.17, 15) is 4.79 Å². The van der Waals surface area contributed by atoms with Crippen molar-refractivity contribution in [2.24, 2.45) is 0 Å². The number of ether oxygens (including phenoxy) is 1. The van der Waals surface area contributed by atoms with Crippen molar-refractivity contribution in [3.63, 3.8) is 0 Å². The van der Waals surface area contributed by atoms with Crippen LogP contribution in [0, 0.1) is 0 Å². The minimum Gasteiger partial charge on any atom is -0.377 e. The monoisotopic (exact) mass is 312 g/mol. The molecule has 0 unspecified atom stereocenters. The van der Waals surface area contributed by atoms with Crippen LogP contribution in [0.4, 0.5) is 0 Å². The lowest BCUT2D eigenvalue weighted by Crippen LogP contribution is -2.53. The van der Waals surface area contributed by atoms with Crippen LogP contribution in [0.1, 0.15) is 5.56 Å². The second-order valence-electron chi connectivity index (χ2n) is 6.39. The van der Waals surface area contributed by atoms with Crippen LogP contribution < -0.4 is 0 Å². The molecule has 1 saturated heterocycles. The number of nitrogens with zero attached hydrogens (tertiary/aromatic N) is 2. The molecule has 2 aromatic rings.